The van der Waals surface area contributed by atoms with Gasteiger partial charge in [0.25, 0.3) is 5.91 Å². The highest BCUT2D eigenvalue weighted by molar-refractivity contribution is 6.06. The maximum atomic E-state index is 13.9. The minimum atomic E-state index is -0.384. The van der Waals surface area contributed by atoms with Gasteiger partial charge in [0.05, 0.1) is 25.0 Å². The average molecular weight is 477 g/mol. The van der Waals surface area contributed by atoms with E-state index >= 15 is 0 Å². The second-order valence-corrected chi connectivity index (χ2v) is 7.39. The lowest BCUT2D eigenvalue weighted by Gasteiger charge is -2.10. The van der Waals surface area contributed by atoms with Gasteiger partial charge in [0.2, 0.25) is 0 Å². The Morgan fingerprint density at radius 2 is 1.83 bits per heavy atom. The zero-order valence-electron chi connectivity index (χ0n) is 19.4. The molecule has 1 heterocycles. The highest BCUT2D eigenvalue weighted by Gasteiger charge is 2.16. The van der Waals surface area contributed by atoms with Crippen LogP contribution < -0.4 is 14.8 Å². The Balaban J connectivity index is 1.58. The molecule has 180 valence electrons. The monoisotopic (exact) mass is 476 g/mol. The Hall–Kier alpha value is -4.24. The number of methoxy groups -OCH3 is 1. The van der Waals surface area contributed by atoms with Gasteiger partial charge in [-0.15, -0.1) is 5.10 Å². The predicted molar refractivity (Wildman–Crippen MR) is 130 cm³/mol. The van der Waals surface area contributed by atoms with E-state index in [1.165, 1.54) is 19.2 Å². The van der Waals surface area contributed by atoms with Gasteiger partial charge >= 0.3 is 6.01 Å². The van der Waals surface area contributed by atoms with Crippen molar-refractivity contribution in [2.45, 2.75) is 6.92 Å². The van der Waals surface area contributed by atoms with Gasteiger partial charge in [0.1, 0.15) is 18.2 Å². The van der Waals surface area contributed by atoms with Gasteiger partial charge in [0.15, 0.2) is 5.82 Å². The van der Waals surface area contributed by atoms with E-state index in [9.17, 15) is 9.18 Å². The number of para-hydroxylation sites is 1. The Bertz CT molecular complexity index is 1290. The summed E-state index contributed by atoms with van der Waals surface area (Å²) in [5.74, 6) is 0.231. The van der Waals surface area contributed by atoms with Crippen molar-refractivity contribution in [2.75, 3.05) is 32.2 Å². The van der Waals surface area contributed by atoms with E-state index in [-0.39, 0.29) is 24.3 Å². The number of halogens is 1. The summed E-state index contributed by atoms with van der Waals surface area (Å²) in [4.78, 5) is 17.1. The molecule has 3 aromatic carbocycles. The Morgan fingerprint density at radius 3 is 2.57 bits per heavy atom. The number of anilines is 1. The summed E-state index contributed by atoms with van der Waals surface area (Å²) in [5, 5.41) is 7.30. The SMILES string of the molecule is CCOCCOc1nc(-c2cccc(F)c2)n(-c2ccc(NC(=O)c3ccccc3OC)cc2)n1. The highest BCUT2D eigenvalue weighted by Crippen LogP contribution is 2.25. The molecule has 1 aromatic heterocycles. The van der Waals surface area contributed by atoms with Gasteiger partial charge in [-0.1, -0.05) is 24.3 Å². The van der Waals surface area contributed by atoms with Crippen LogP contribution in [0.25, 0.3) is 17.1 Å². The number of benzene rings is 3. The molecule has 0 fully saturated rings. The van der Waals surface area contributed by atoms with Crippen LogP contribution in [0.15, 0.2) is 72.8 Å². The molecule has 0 aliphatic rings. The number of amides is 1. The second-order valence-electron chi connectivity index (χ2n) is 7.39. The lowest BCUT2D eigenvalue weighted by Crippen LogP contribution is -2.13. The maximum Gasteiger partial charge on any atom is 0.336 e. The molecule has 9 heteroatoms. The highest BCUT2D eigenvalue weighted by atomic mass is 19.1. The molecule has 4 aromatic rings. The molecular weight excluding hydrogens is 451 g/mol. The molecule has 0 bridgehead atoms. The first kappa shape index (κ1) is 23.9. The van der Waals surface area contributed by atoms with Gasteiger partial charge < -0.3 is 19.5 Å². The molecule has 4 rings (SSSR count). The third-order valence-corrected chi connectivity index (χ3v) is 5.05. The molecule has 0 spiro atoms. The Morgan fingerprint density at radius 1 is 1.03 bits per heavy atom. The number of carbonyl (C=O) groups is 1. The van der Waals surface area contributed by atoms with Gasteiger partial charge in [-0.05, 0) is 55.5 Å². The minimum absolute atomic E-state index is 0.150. The van der Waals surface area contributed by atoms with Crippen LogP contribution in [0.4, 0.5) is 10.1 Å². The fraction of sp³-hybridized carbons (Fsp3) is 0.192. The van der Waals surface area contributed by atoms with Crippen LogP contribution in [0.5, 0.6) is 11.8 Å². The van der Waals surface area contributed by atoms with E-state index in [0.717, 1.165) is 0 Å². The Labute approximate surface area is 202 Å². The maximum absolute atomic E-state index is 13.9. The van der Waals surface area contributed by atoms with Crippen LogP contribution in [0.1, 0.15) is 17.3 Å². The van der Waals surface area contributed by atoms with Crippen molar-refractivity contribution in [3.63, 3.8) is 0 Å². The summed E-state index contributed by atoms with van der Waals surface area (Å²) in [7, 11) is 1.52. The van der Waals surface area contributed by atoms with Crippen LogP contribution in [-0.2, 0) is 4.74 Å². The van der Waals surface area contributed by atoms with Crippen molar-refractivity contribution in [1.82, 2.24) is 14.8 Å². The summed E-state index contributed by atoms with van der Waals surface area (Å²) in [6.45, 7) is 3.17. The molecule has 0 aliphatic carbocycles. The lowest BCUT2D eigenvalue weighted by atomic mass is 10.1. The number of ether oxygens (including phenoxy) is 3. The summed E-state index contributed by atoms with van der Waals surface area (Å²) < 4.78 is 31.6. The topological polar surface area (TPSA) is 87.5 Å². The molecule has 8 nitrogen and oxygen atoms in total. The van der Waals surface area contributed by atoms with Crippen molar-refractivity contribution in [1.29, 1.82) is 0 Å². The zero-order chi connectivity index (χ0) is 24.6. The van der Waals surface area contributed by atoms with Crippen molar-refractivity contribution in [3.05, 3.63) is 84.2 Å². The third kappa shape index (κ3) is 5.82. The number of carbonyl (C=O) groups excluding carboxylic acids is 1. The summed E-state index contributed by atoms with van der Waals surface area (Å²) in [5.41, 5.74) is 2.22. The van der Waals surface area contributed by atoms with Crippen LogP contribution in [0.3, 0.4) is 0 Å². The molecule has 0 unspecified atom stereocenters. The van der Waals surface area contributed by atoms with Gasteiger partial charge in [0, 0.05) is 17.9 Å². The molecule has 0 atom stereocenters. The van der Waals surface area contributed by atoms with E-state index < -0.39 is 0 Å². The van der Waals surface area contributed by atoms with Gasteiger partial charge in [-0.25, -0.2) is 9.07 Å². The van der Waals surface area contributed by atoms with Crippen molar-refractivity contribution >= 4 is 11.6 Å². The largest absolute Gasteiger partial charge is 0.496 e. The van der Waals surface area contributed by atoms with E-state index in [1.54, 1.807) is 65.3 Å². The molecule has 0 saturated heterocycles. The standard InChI is InChI=1S/C26H25FN4O4/c1-3-34-15-16-35-26-29-24(18-7-6-8-19(27)17-18)31(30-26)21-13-11-20(12-14-21)28-25(32)22-9-4-5-10-23(22)33-2/h4-14,17H,3,15-16H2,1-2H3,(H,28,32). The molecule has 0 aliphatic heterocycles. The van der Waals surface area contributed by atoms with Crippen LogP contribution in [-0.4, -0.2) is 47.6 Å². The predicted octanol–water partition coefficient (Wildman–Crippen LogP) is 4.75. The molecule has 1 N–H and O–H groups in total. The van der Waals surface area contributed by atoms with Crippen LogP contribution in [0.2, 0.25) is 0 Å². The molecule has 35 heavy (non-hydrogen) atoms. The van der Waals surface area contributed by atoms with Crippen LogP contribution >= 0.6 is 0 Å². The number of rotatable bonds is 10. The van der Waals surface area contributed by atoms with Crippen LogP contribution in [0, 0.1) is 5.82 Å². The van der Waals surface area contributed by atoms with Crippen molar-refractivity contribution < 1.29 is 23.4 Å². The van der Waals surface area contributed by atoms with E-state index in [1.807, 2.05) is 6.92 Å². The smallest absolute Gasteiger partial charge is 0.336 e. The quantitative estimate of drug-likeness (QED) is 0.333. The molecule has 0 saturated carbocycles. The Kier molecular flexibility index (Phi) is 7.69. The van der Waals surface area contributed by atoms with Crippen molar-refractivity contribution in [2.24, 2.45) is 0 Å². The zero-order valence-corrected chi connectivity index (χ0v) is 19.4. The average Bonchev–Trinajstić information content (AvgIpc) is 3.31. The van der Waals surface area contributed by atoms with Crippen molar-refractivity contribution in [3.8, 4) is 28.8 Å². The second kappa shape index (κ2) is 11.3. The third-order valence-electron chi connectivity index (χ3n) is 5.05. The first-order valence-corrected chi connectivity index (χ1v) is 11.1. The fourth-order valence-corrected chi connectivity index (χ4v) is 3.40. The molecule has 1 amide bonds. The summed E-state index contributed by atoms with van der Waals surface area (Å²) >= 11 is 0. The fourth-order valence-electron chi connectivity index (χ4n) is 3.40. The number of nitrogens with one attached hydrogen (secondary N) is 1. The van der Waals surface area contributed by atoms with Gasteiger partial charge in [-0.3, -0.25) is 4.79 Å². The van der Waals surface area contributed by atoms with E-state index in [4.69, 9.17) is 14.2 Å². The van der Waals surface area contributed by atoms with Gasteiger partial charge in [-0.2, -0.15) is 4.98 Å². The number of aromatic nitrogens is 3. The number of nitrogens with zero attached hydrogens (tertiary/aromatic N) is 3. The first-order chi connectivity index (χ1) is 17.1. The lowest BCUT2D eigenvalue weighted by molar-refractivity contribution is 0.102. The number of hydrogen-bond donors (Lipinski definition) is 1. The summed E-state index contributed by atoms with van der Waals surface area (Å²) in [6.07, 6.45) is 0. The summed E-state index contributed by atoms with van der Waals surface area (Å²) in [6, 6.07) is 20.3. The normalized spacial score (nSPS) is 10.7. The van der Waals surface area contributed by atoms with E-state index in [0.29, 0.717) is 47.3 Å². The molecule has 0 radical (unpaired) electrons. The minimum Gasteiger partial charge on any atom is -0.496 e. The van der Waals surface area contributed by atoms with E-state index in [2.05, 4.69) is 15.4 Å². The number of hydrogen-bond acceptors (Lipinski definition) is 6. The molecular formula is C26H25FN4O4. The first-order valence-electron chi connectivity index (χ1n) is 11.1.